The van der Waals surface area contributed by atoms with Gasteiger partial charge in [0, 0.05) is 6.04 Å². The number of rotatable bonds is 6. The Kier molecular flexibility index (Phi) is 5.24. The minimum Gasteiger partial charge on any atom is -0.314 e. The van der Waals surface area contributed by atoms with E-state index in [1.165, 1.54) is 38.8 Å². The van der Waals surface area contributed by atoms with Crippen LogP contribution in [0.4, 0.5) is 0 Å². The first-order chi connectivity index (χ1) is 7.59. The zero-order valence-electron chi connectivity index (χ0n) is 10.7. The Hall–Kier alpha value is -0.590. The van der Waals surface area contributed by atoms with Crippen molar-refractivity contribution < 1.29 is 0 Å². The molecule has 1 aliphatic rings. The van der Waals surface area contributed by atoms with Crippen molar-refractivity contribution in [1.82, 2.24) is 4.90 Å². The Morgan fingerprint density at radius 1 is 1.50 bits per heavy atom. The molecule has 0 aliphatic carbocycles. The molecule has 0 spiro atoms. The molecule has 3 nitrogen and oxygen atoms in total. The normalized spacial score (nSPS) is 25.2. The predicted molar refractivity (Wildman–Crippen MR) is 66.9 cm³/mol. The second-order valence-corrected chi connectivity index (χ2v) is 5.23. The Balaban J connectivity index is 2.14. The lowest BCUT2D eigenvalue weighted by molar-refractivity contribution is 0.241. The van der Waals surface area contributed by atoms with Crippen LogP contribution in [0.5, 0.6) is 0 Å². The van der Waals surface area contributed by atoms with Gasteiger partial charge in [0.2, 0.25) is 0 Å². The fourth-order valence-electron chi connectivity index (χ4n) is 2.51. The Bertz CT molecular complexity index is 242. The summed E-state index contributed by atoms with van der Waals surface area (Å²) >= 11 is 0. The molecule has 0 radical (unpaired) electrons. The molecule has 0 saturated carbocycles. The number of hydrogen-bond acceptors (Lipinski definition) is 3. The first-order valence-electron chi connectivity index (χ1n) is 6.53. The minimum atomic E-state index is -0.630. The van der Waals surface area contributed by atoms with Crippen molar-refractivity contribution in [2.24, 2.45) is 5.73 Å². The molecule has 2 atom stereocenters. The molecule has 1 saturated heterocycles. The van der Waals surface area contributed by atoms with Gasteiger partial charge in [-0.2, -0.15) is 5.26 Å². The lowest BCUT2D eigenvalue weighted by atomic mass is 9.98. The van der Waals surface area contributed by atoms with Gasteiger partial charge >= 0.3 is 0 Å². The van der Waals surface area contributed by atoms with Gasteiger partial charge in [-0.25, -0.2) is 0 Å². The Morgan fingerprint density at radius 3 is 2.88 bits per heavy atom. The standard InChI is InChI=1S/C13H25N3/c1-3-12-7-6-10-16(12)9-5-4-8-13(2,15)11-14/h12H,3-10,15H2,1-2H3. The van der Waals surface area contributed by atoms with Gasteiger partial charge in [0.05, 0.1) is 6.07 Å². The molecule has 0 amide bonds. The third kappa shape index (κ3) is 4.11. The average Bonchev–Trinajstić information content (AvgIpc) is 2.72. The molecular formula is C13H25N3. The Labute approximate surface area is 99.6 Å². The van der Waals surface area contributed by atoms with Crippen LogP contribution in [-0.4, -0.2) is 29.6 Å². The van der Waals surface area contributed by atoms with E-state index in [0.717, 1.165) is 18.9 Å². The van der Waals surface area contributed by atoms with Crippen LogP contribution in [-0.2, 0) is 0 Å². The van der Waals surface area contributed by atoms with Gasteiger partial charge in [0.25, 0.3) is 0 Å². The quantitative estimate of drug-likeness (QED) is 0.703. The highest BCUT2D eigenvalue weighted by molar-refractivity contribution is 5.00. The van der Waals surface area contributed by atoms with Gasteiger partial charge < -0.3 is 10.6 Å². The first-order valence-corrected chi connectivity index (χ1v) is 6.53. The fourth-order valence-corrected chi connectivity index (χ4v) is 2.51. The van der Waals surface area contributed by atoms with Crippen LogP contribution in [0.1, 0.15) is 52.4 Å². The molecule has 92 valence electrons. The van der Waals surface area contributed by atoms with Crippen LogP contribution in [0, 0.1) is 11.3 Å². The van der Waals surface area contributed by atoms with Crippen LogP contribution >= 0.6 is 0 Å². The number of nitriles is 1. The average molecular weight is 223 g/mol. The maximum atomic E-state index is 8.80. The smallest absolute Gasteiger partial charge is 0.101 e. The lowest BCUT2D eigenvalue weighted by Gasteiger charge is -2.23. The zero-order valence-corrected chi connectivity index (χ0v) is 10.7. The summed E-state index contributed by atoms with van der Waals surface area (Å²) in [6.07, 6.45) is 7.04. The predicted octanol–water partition coefficient (Wildman–Crippen LogP) is 2.27. The van der Waals surface area contributed by atoms with E-state index in [1.807, 2.05) is 6.92 Å². The summed E-state index contributed by atoms with van der Waals surface area (Å²) in [6.45, 7) is 6.53. The molecule has 1 rings (SSSR count). The summed E-state index contributed by atoms with van der Waals surface area (Å²) in [4.78, 5) is 2.60. The molecule has 2 N–H and O–H groups in total. The van der Waals surface area contributed by atoms with E-state index in [-0.39, 0.29) is 0 Å². The van der Waals surface area contributed by atoms with E-state index in [2.05, 4.69) is 17.9 Å². The SMILES string of the molecule is CCC1CCCN1CCCCC(C)(N)C#N. The topological polar surface area (TPSA) is 53.0 Å². The van der Waals surface area contributed by atoms with Crippen molar-refractivity contribution in [3.63, 3.8) is 0 Å². The van der Waals surface area contributed by atoms with E-state index in [0.29, 0.717) is 0 Å². The number of likely N-dealkylation sites (tertiary alicyclic amines) is 1. The van der Waals surface area contributed by atoms with Crippen molar-refractivity contribution >= 4 is 0 Å². The molecule has 1 fully saturated rings. The highest BCUT2D eigenvalue weighted by atomic mass is 15.2. The summed E-state index contributed by atoms with van der Waals surface area (Å²) in [5.41, 5.74) is 5.16. The van der Waals surface area contributed by atoms with E-state index < -0.39 is 5.54 Å². The van der Waals surface area contributed by atoms with Gasteiger partial charge in [-0.1, -0.05) is 6.92 Å². The summed E-state index contributed by atoms with van der Waals surface area (Å²) in [6, 6.07) is 2.96. The van der Waals surface area contributed by atoms with Gasteiger partial charge in [-0.15, -0.1) is 0 Å². The first kappa shape index (κ1) is 13.5. The Morgan fingerprint density at radius 2 is 2.25 bits per heavy atom. The molecular weight excluding hydrogens is 198 g/mol. The molecule has 3 heteroatoms. The highest BCUT2D eigenvalue weighted by Crippen LogP contribution is 2.20. The fraction of sp³-hybridized carbons (Fsp3) is 0.923. The molecule has 2 unspecified atom stereocenters. The van der Waals surface area contributed by atoms with E-state index in [9.17, 15) is 0 Å². The molecule has 0 aromatic heterocycles. The molecule has 1 aliphatic heterocycles. The largest absolute Gasteiger partial charge is 0.314 e. The number of nitrogens with two attached hydrogens (primary N) is 1. The van der Waals surface area contributed by atoms with Crippen molar-refractivity contribution in [2.45, 2.75) is 64.0 Å². The maximum absolute atomic E-state index is 8.80. The number of nitrogens with zero attached hydrogens (tertiary/aromatic N) is 2. The van der Waals surface area contributed by atoms with Crippen LogP contribution in [0.2, 0.25) is 0 Å². The third-order valence-electron chi connectivity index (χ3n) is 3.62. The van der Waals surface area contributed by atoms with E-state index in [1.54, 1.807) is 0 Å². The second-order valence-electron chi connectivity index (χ2n) is 5.23. The van der Waals surface area contributed by atoms with Crippen LogP contribution in [0.25, 0.3) is 0 Å². The molecule has 16 heavy (non-hydrogen) atoms. The van der Waals surface area contributed by atoms with Gasteiger partial charge in [0.15, 0.2) is 0 Å². The number of unbranched alkanes of at least 4 members (excludes halogenated alkanes) is 1. The molecule has 0 aromatic carbocycles. The lowest BCUT2D eigenvalue weighted by Crippen LogP contribution is -2.34. The van der Waals surface area contributed by atoms with Gasteiger partial charge in [-0.3, -0.25) is 0 Å². The van der Waals surface area contributed by atoms with Crippen molar-refractivity contribution in [3.8, 4) is 6.07 Å². The third-order valence-corrected chi connectivity index (χ3v) is 3.62. The van der Waals surface area contributed by atoms with E-state index in [4.69, 9.17) is 11.0 Å². The van der Waals surface area contributed by atoms with Crippen molar-refractivity contribution in [2.75, 3.05) is 13.1 Å². The van der Waals surface area contributed by atoms with Crippen LogP contribution in [0.3, 0.4) is 0 Å². The molecule has 0 aromatic rings. The summed E-state index contributed by atoms with van der Waals surface area (Å²) in [5.74, 6) is 0. The minimum absolute atomic E-state index is 0.630. The number of hydrogen-bond donors (Lipinski definition) is 1. The van der Waals surface area contributed by atoms with Crippen LogP contribution < -0.4 is 5.73 Å². The molecule has 0 bridgehead atoms. The zero-order chi connectivity index (χ0) is 12.0. The van der Waals surface area contributed by atoms with Gasteiger partial charge in [-0.05, 0) is 58.5 Å². The highest BCUT2D eigenvalue weighted by Gasteiger charge is 2.22. The summed E-state index contributed by atoms with van der Waals surface area (Å²) in [5, 5.41) is 8.80. The van der Waals surface area contributed by atoms with Gasteiger partial charge in [0.1, 0.15) is 5.54 Å². The van der Waals surface area contributed by atoms with E-state index >= 15 is 0 Å². The van der Waals surface area contributed by atoms with Crippen molar-refractivity contribution in [1.29, 1.82) is 5.26 Å². The second kappa shape index (κ2) is 6.22. The van der Waals surface area contributed by atoms with Crippen LogP contribution in [0.15, 0.2) is 0 Å². The summed E-state index contributed by atoms with van der Waals surface area (Å²) < 4.78 is 0. The maximum Gasteiger partial charge on any atom is 0.101 e. The monoisotopic (exact) mass is 223 g/mol. The van der Waals surface area contributed by atoms with Crippen molar-refractivity contribution in [3.05, 3.63) is 0 Å². The summed E-state index contributed by atoms with van der Waals surface area (Å²) in [7, 11) is 0. The molecule has 1 heterocycles.